The molecule has 0 atom stereocenters. The standard InChI is InChI=1S/C29H25F6N5O2/c1-17(29(33,34)35)10-12-39(4)19-7-5-18(6-8-19)15-40-23-13-20(25-37-38-26(42-25)27(2,3)16-36)22(30)14-21(23)28(31,32)11-9-24(40)41/h5-8,10,12-14H,1,9,11,15H2,2-4H3/b12-10-. The van der Waals surface area contributed by atoms with Crippen LogP contribution < -0.4 is 9.80 Å². The van der Waals surface area contributed by atoms with E-state index in [4.69, 9.17) is 4.42 Å². The smallest absolute Gasteiger partial charge is 0.415 e. The van der Waals surface area contributed by atoms with Crippen LogP contribution in [0.5, 0.6) is 0 Å². The van der Waals surface area contributed by atoms with Crippen molar-refractivity contribution in [1.29, 1.82) is 5.26 Å². The molecule has 0 saturated carbocycles. The molecule has 0 spiro atoms. The lowest BCUT2D eigenvalue weighted by molar-refractivity contribution is -0.120. The number of carbonyl (C=O) groups excluding carboxylic acids is 1. The fourth-order valence-electron chi connectivity index (χ4n) is 4.12. The molecule has 1 aliphatic rings. The molecule has 2 heterocycles. The average molecular weight is 590 g/mol. The Morgan fingerprint density at radius 1 is 1.21 bits per heavy atom. The van der Waals surface area contributed by atoms with Crippen molar-refractivity contribution in [3.05, 3.63) is 83.7 Å². The maximum absolute atomic E-state index is 15.2. The number of allylic oxidation sites excluding steroid dienone is 2. The van der Waals surface area contributed by atoms with E-state index >= 15 is 13.2 Å². The van der Waals surface area contributed by atoms with E-state index in [0.29, 0.717) is 17.3 Å². The van der Waals surface area contributed by atoms with E-state index in [9.17, 15) is 23.2 Å². The van der Waals surface area contributed by atoms with Gasteiger partial charge in [-0.3, -0.25) is 4.79 Å². The van der Waals surface area contributed by atoms with Crippen molar-refractivity contribution in [2.75, 3.05) is 16.8 Å². The minimum atomic E-state index is -4.56. The number of carbonyl (C=O) groups is 1. The Bertz CT molecular complexity index is 1590. The molecule has 0 N–H and O–H groups in total. The summed E-state index contributed by atoms with van der Waals surface area (Å²) in [5, 5.41) is 16.9. The van der Waals surface area contributed by atoms with E-state index in [-0.39, 0.29) is 29.6 Å². The summed E-state index contributed by atoms with van der Waals surface area (Å²) in [6, 6.07) is 10.0. The Kier molecular flexibility index (Phi) is 7.95. The number of fused-ring (bicyclic) bond motifs is 1. The number of anilines is 2. The van der Waals surface area contributed by atoms with Gasteiger partial charge < -0.3 is 14.2 Å². The zero-order valence-electron chi connectivity index (χ0n) is 22.8. The third-order valence-electron chi connectivity index (χ3n) is 6.74. The number of nitriles is 1. The number of hydrogen-bond acceptors (Lipinski definition) is 6. The second-order valence-corrected chi connectivity index (χ2v) is 10.3. The third-order valence-corrected chi connectivity index (χ3v) is 6.74. The van der Waals surface area contributed by atoms with Gasteiger partial charge in [-0.05, 0) is 49.8 Å². The third kappa shape index (κ3) is 6.17. The van der Waals surface area contributed by atoms with E-state index in [0.717, 1.165) is 17.0 Å². The monoisotopic (exact) mass is 589 g/mol. The number of alkyl halides is 5. The van der Waals surface area contributed by atoms with Gasteiger partial charge in [0, 0.05) is 42.9 Å². The van der Waals surface area contributed by atoms with Gasteiger partial charge in [0.25, 0.3) is 11.8 Å². The van der Waals surface area contributed by atoms with Gasteiger partial charge in [0.05, 0.1) is 23.9 Å². The maximum Gasteiger partial charge on any atom is 0.415 e. The molecule has 3 aromatic rings. The molecule has 220 valence electrons. The van der Waals surface area contributed by atoms with E-state index < -0.39 is 53.2 Å². The molecule has 13 heteroatoms. The first-order valence-corrected chi connectivity index (χ1v) is 12.6. The van der Waals surface area contributed by atoms with Crippen LogP contribution in [0, 0.1) is 17.1 Å². The summed E-state index contributed by atoms with van der Waals surface area (Å²) >= 11 is 0. The number of hydrogen-bond donors (Lipinski definition) is 0. The Hall–Kier alpha value is -4.60. The molecule has 2 aromatic carbocycles. The molecule has 0 fully saturated rings. The number of nitrogens with zero attached hydrogens (tertiary/aromatic N) is 5. The van der Waals surface area contributed by atoms with E-state index in [1.807, 2.05) is 6.07 Å². The predicted octanol–water partition coefficient (Wildman–Crippen LogP) is 7.16. The molecule has 1 aromatic heterocycles. The molecule has 0 aliphatic carbocycles. The largest absolute Gasteiger partial charge is 0.419 e. The van der Waals surface area contributed by atoms with Gasteiger partial charge in [-0.15, -0.1) is 10.2 Å². The number of aromatic nitrogens is 2. The van der Waals surface area contributed by atoms with Crippen LogP contribution >= 0.6 is 0 Å². The molecular weight excluding hydrogens is 564 g/mol. The number of benzene rings is 2. The Labute approximate surface area is 237 Å². The van der Waals surface area contributed by atoms with Crippen molar-refractivity contribution < 1.29 is 35.6 Å². The van der Waals surface area contributed by atoms with Gasteiger partial charge in [0.15, 0.2) is 0 Å². The summed E-state index contributed by atoms with van der Waals surface area (Å²) in [4.78, 5) is 15.6. The molecule has 4 rings (SSSR count). The highest BCUT2D eigenvalue weighted by Crippen LogP contribution is 2.45. The lowest BCUT2D eigenvalue weighted by Crippen LogP contribution is -2.29. The SMILES string of the molecule is C=C(/C=C\N(C)c1ccc(CN2C(=O)CCC(F)(F)c3cc(F)c(-c4nnc(C(C)(C)C#N)o4)cc32)cc1)C(F)(F)F. The predicted molar refractivity (Wildman–Crippen MR) is 142 cm³/mol. The van der Waals surface area contributed by atoms with E-state index in [2.05, 4.69) is 16.8 Å². The quantitative estimate of drug-likeness (QED) is 0.215. The van der Waals surface area contributed by atoms with Crippen molar-refractivity contribution in [3.8, 4) is 17.5 Å². The number of rotatable bonds is 7. The maximum atomic E-state index is 15.2. The van der Waals surface area contributed by atoms with Gasteiger partial charge in [-0.2, -0.15) is 18.4 Å². The summed E-state index contributed by atoms with van der Waals surface area (Å²) in [6.45, 7) is 5.85. The molecule has 42 heavy (non-hydrogen) atoms. The van der Waals surface area contributed by atoms with Gasteiger partial charge in [-0.1, -0.05) is 18.7 Å². The second kappa shape index (κ2) is 11.0. The summed E-state index contributed by atoms with van der Waals surface area (Å²) in [6.07, 6.45) is -3.87. The zero-order chi connectivity index (χ0) is 31.0. The number of amides is 1. The highest BCUT2D eigenvalue weighted by molar-refractivity contribution is 5.96. The fraction of sp³-hybridized carbons (Fsp3) is 0.310. The van der Waals surface area contributed by atoms with Crippen molar-refractivity contribution in [2.24, 2.45) is 0 Å². The highest BCUT2D eigenvalue weighted by atomic mass is 19.4. The molecule has 1 aliphatic heterocycles. The van der Waals surface area contributed by atoms with Crippen LogP contribution in [0.2, 0.25) is 0 Å². The highest BCUT2D eigenvalue weighted by Gasteiger charge is 2.41. The van der Waals surface area contributed by atoms with E-state index in [1.54, 1.807) is 24.3 Å². The second-order valence-electron chi connectivity index (χ2n) is 10.3. The van der Waals surface area contributed by atoms with Crippen LogP contribution in [-0.2, 0) is 22.7 Å². The minimum absolute atomic E-state index is 0.102. The first-order valence-electron chi connectivity index (χ1n) is 12.6. The van der Waals surface area contributed by atoms with Crippen LogP contribution in [0.1, 0.15) is 43.7 Å². The summed E-state index contributed by atoms with van der Waals surface area (Å²) in [5.74, 6) is -5.65. The fourth-order valence-corrected chi connectivity index (χ4v) is 4.12. The zero-order valence-corrected chi connectivity index (χ0v) is 22.8. The minimum Gasteiger partial charge on any atom is -0.419 e. The van der Waals surface area contributed by atoms with Crippen molar-refractivity contribution in [3.63, 3.8) is 0 Å². The summed E-state index contributed by atoms with van der Waals surface area (Å²) in [5.41, 5.74) is -2.43. The van der Waals surface area contributed by atoms with E-state index in [1.165, 1.54) is 32.0 Å². The lowest BCUT2D eigenvalue weighted by atomic mass is 9.96. The molecule has 1 amide bonds. The Balaban J connectivity index is 1.68. The molecular formula is C29H25F6N5O2. The summed E-state index contributed by atoms with van der Waals surface area (Å²) in [7, 11) is 1.53. The molecule has 0 bridgehead atoms. The van der Waals surface area contributed by atoms with Crippen molar-refractivity contribution >= 4 is 17.3 Å². The molecule has 0 radical (unpaired) electrons. The van der Waals surface area contributed by atoms with Crippen LogP contribution in [0.25, 0.3) is 11.5 Å². The average Bonchev–Trinajstić information content (AvgIpc) is 3.41. The van der Waals surface area contributed by atoms with Crippen LogP contribution in [0.15, 0.2) is 65.2 Å². The van der Waals surface area contributed by atoms with Gasteiger partial charge >= 0.3 is 6.18 Å². The lowest BCUT2D eigenvalue weighted by Gasteiger charge is -2.25. The molecule has 0 unspecified atom stereocenters. The Morgan fingerprint density at radius 3 is 2.50 bits per heavy atom. The Morgan fingerprint density at radius 2 is 1.88 bits per heavy atom. The number of halogens is 6. The van der Waals surface area contributed by atoms with Gasteiger partial charge in [-0.25, -0.2) is 13.2 Å². The summed E-state index contributed by atoms with van der Waals surface area (Å²) < 4.78 is 89.0. The van der Waals surface area contributed by atoms with Crippen LogP contribution in [0.4, 0.5) is 37.7 Å². The first-order chi connectivity index (χ1) is 19.5. The topological polar surface area (TPSA) is 86.3 Å². The molecule has 0 saturated heterocycles. The van der Waals surface area contributed by atoms with Crippen LogP contribution in [0.3, 0.4) is 0 Å². The van der Waals surface area contributed by atoms with Crippen molar-refractivity contribution in [2.45, 2.75) is 50.7 Å². The van der Waals surface area contributed by atoms with Crippen LogP contribution in [-0.4, -0.2) is 29.3 Å². The normalized spacial score (nSPS) is 15.3. The van der Waals surface area contributed by atoms with Gasteiger partial charge in [0.2, 0.25) is 11.8 Å². The molecule has 7 nitrogen and oxygen atoms in total. The van der Waals surface area contributed by atoms with Crippen molar-refractivity contribution in [1.82, 2.24) is 10.2 Å². The first kappa shape index (κ1) is 30.4. The van der Waals surface area contributed by atoms with Gasteiger partial charge in [0.1, 0.15) is 11.2 Å².